The van der Waals surface area contributed by atoms with E-state index < -0.39 is 12.1 Å². The number of nitrogens with two attached hydrogens (primary N) is 1. The summed E-state index contributed by atoms with van der Waals surface area (Å²) in [6.45, 7) is 5.50. The highest BCUT2D eigenvalue weighted by molar-refractivity contribution is 5.86. The molecule has 1 unspecified atom stereocenters. The molecule has 0 aliphatic heterocycles. The Morgan fingerprint density at radius 1 is 1.57 bits per heavy atom. The fourth-order valence-electron chi connectivity index (χ4n) is 0.984. The lowest BCUT2D eigenvalue weighted by Crippen LogP contribution is -2.44. The normalized spacial score (nSPS) is 12.3. The number of alkyl carbamates (subject to hydrolysis) is 1. The lowest BCUT2D eigenvalue weighted by molar-refractivity contribution is 0.114. The van der Waals surface area contributed by atoms with E-state index in [1.54, 1.807) is 13.8 Å². The Hall–Kier alpha value is -1.26. The quantitative estimate of drug-likeness (QED) is 0.461. The number of carbonyl (C=O) groups is 1. The Morgan fingerprint density at radius 3 is 2.50 bits per heavy atom. The van der Waals surface area contributed by atoms with Crippen LogP contribution in [0.25, 0.3) is 0 Å². The number of amidine groups is 1. The molecule has 0 saturated carbocycles. The van der Waals surface area contributed by atoms with E-state index in [4.69, 9.17) is 15.9 Å². The second-order valence-electron chi connectivity index (χ2n) is 3.40. The molecule has 0 bridgehead atoms. The van der Waals surface area contributed by atoms with Crippen molar-refractivity contribution in [1.29, 1.82) is 5.41 Å². The van der Waals surface area contributed by atoms with Crippen molar-refractivity contribution in [3.8, 4) is 0 Å². The average molecular weight is 201 g/mol. The monoisotopic (exact) mass is 201 g/mol. The maximum absolute atomic E-state index is 11.2. The van der Waals surface area contributed by atoms with E-state index in [0.29, 0.717) is 6.42 Å². The summed E-state index contributed by atoms with van der Waals surface area (Å²) >= 11 is 0. The van der Waals surface area contributed by atoms with Crippen molar-refractivity contribution in [3.63, 3.8) is 0 Å². The third-order valence-electron chi connectivity index (χ3n) is 1.59. The van der Waals surface area contributed by atoms with E-state index in [9.17, 15) is 4.79 Å². The van der Waals surface area contributed by atoms with Crippen molar-refractivity contribution < 1.29 is 9.53 Å². The zero-order valence-corrected chi connectivity index (χ0v) is 8.96. The van der Waals surface area contributed by atoms with Crippen molar-refractivity contribution in [2.24, 2.45) is 5.73 Å². The molecule has 4 N–H and O–H groups in total. The summed E-state index contributed by atoms with van der Waals surface area (Å²) in [6, 6.07) is -0.411. The predicted molar refractivity (Wildman–Crippen MR) is 55.4 cm³/mol. The molecule has 0 aromatic rings. The molecule has 82 valence electrons. The Labute approximate surface area is 84.5 Å². The predicted octanol–water partition coefficient (Wildman–Crippen LogP) is 1.23. The van der Waals surface area contributed by atoms with Gasteiger partial charge >= 0.3 is 6.09 Å². The SMILES string of the molecule is CCCC(NC(=O)OC(C)C)C(=N)N. The Kier molecular flexibility index (Phi) is 5.67. The highest BCUT2D eigenvalue weighted by atomic mass is 16.6. The van der Waals surface area contributed by atoms with Crippen LogP contribution in [0.4, 0.5) is 4.79 Å². The molecule has 0 radical (unpaired) electrons. The fourth-order valence-corrected chi connectivity index (χ4v) is 0.984. The third kappa shape index (κ3) is 5.40. The van der Waals surface area contributed by atoms with E-state index in [2.05, 4.69) is 5.32 Å². The Bertz CT molecular complexity index is 204. The molecule has 0 aliphatic rings. The Balaban J connectivity index is 4.02. The third-order valence-corrected chi connectivity index (χ3v) is 1.59. The maximum atomic E-state index is 11.2. The topological polar surface area (TPSA) is 88.2 Å². The summed E-state index contributed by atoms with van der Waals surface area (Å²) in [7, 11) is 0. The lowest BCUT2D eigenvalue weighted by atomic mass is 10.1. The van der Waals surface area contributed by atoms with Gasteiger partial charge in [-0.15, -0.1) is 0 Å². The molecule has 0 rings (SSSR count). The van der Waals surface area contributed by atoms with Gasteiger partial charge in [0.25, 0.3) is 0 Å². The van der Waals surface area contributed by atoms with Gasteiger partial charge in [0.1, 0.15) is 5.84 Å². The number of ether oxygens (including phenoxy) is 1. The van der Waals surface area contributed by atoms with Crippen molar-refractivity contribution in [3.05, 3.63) is 0 Å². The molecule has 0 aromatic carbocycles. The van der Waals surface area contributed by atoms with Crippen LogP contribution in [0.2, 0.25) is 0 Å². The number of hydrogen-bond acceptors (Lipinski definition) is 3. The largest absolute Gasteiger partial charge is 0.447 e. The highest BCUT2D eigenvalue weighted by Crippen LogP contribution is 1.97. The Morgan fingerprint density at radius 2 is 2.14 bits per heavy atom. The molecule has 0 fully saturated rings. The molecule has 0 spiro atoms. The van der Waals surface area contributed by atoms with Crippen LogP contribution in [-0.2, 0) is 4.74 Å². The second-order valence-corrected chi connectivity index (χ2v) is 3.40. The van der Waals surface area contributed by atoms with Gasteiger partial charge in [-0.2, -0.15) is 0 Å². The van der Waals surface area contributed by atoms with E-state index in [1.165, 1.54) is 0 Å². The van der Waals surface area contributed by atoms with E-state index >= 15 is 0 Å². The zero-order valence-electron chi connectivity index (χ0n) is 8.96. The van der Waals surface area contributed by atoms with Gasteiger partial charge in [-0.3, -0.25) is 5.41 Å². The second kappa shape index (κ2) is 6.23. The van der Waals surface area contributed by atoms with Crippen LogP contribution in [0.5, 0.6) is 0 Å². The smallest absolute Gasteiger partial charge is 0.407 e. The maximum Gasteiger partial charge on any atom is 0.407 e. The first kappa shape index (κ1) is 12.7. The van der Waals surface area contributed by atoms with Gasteiger partial charge in [-0.1, -0.05) is 13.3 Å². The number of carbonyl (C=O) groups excluding carboxylic acids is 1. The van der Waals surface area contributed by atoms with E-state index in [0.717, 1.165) is 6.42 Å². The summed E-state index contributed by atoms with van der Waals surface area (Å²) in [6.07, 6.45) is 0.826. The molecule has 1 atom stereocenters. The van der Waals surface area contributed by atoms with Crippen LogP contribution in [0.1, 0.15) is 33.6 Å². The van der Waals surface area contributed by atoms with Gasteiger partial charge in [0.15, 0.2) is 0 Å². The zero-order chi connectivity index (χ0) is 11.1. The number of nitrogens with one attached hydrogen (secondary N) is 2. The summed E-state index contributed by atoms with van der Waals surface area (Å²) in [5.74, 6) is -0.0347. The molecular formula is C9H19N3O2. The summed E-state index contributed by atoms with van der Waals surface area (Å²) in [5, 5.41) is 9.78. The molecular weight excluding hydrogens is 182 g/mol. The minimum absolute atomic E-state index is 0.0347. The fraction of sp³-hybridized carbons (Fsp3) is 0.778. The van der Waals surface area contributed by atoms with Gasteiger partial charge in [0, 0.05) is 0 Å². The van der Waals surface area contributed by atoms with E-state index in [-0.39, 0.29) is 11.9 Å². The van der Waals surface area contributed by atoms with Crippen LogP contribution in [0.3, 0.4) is 0 Å². The molecule has 14 heavy (non-hydrogen) atoms. The van der Waals surface area contributed by atoms with E-state index in [1.807, 2.05) is 6.92 Å². The van der Waals surface area contributed by atoms with Gasteiger partial charge in [0.05, 0.1) is 12.1 Å². The molecule has 0 aromatic heterocycles. The molecule has 0 aliphatic carbocycles. The molecule has 1 amide bonds. The first-order valence-corrected chi connectivity index (χ1v) is 4.78. The summed E-state index contributed by atoms with van der Waals surface area (Å²) in [4.78, 5) is 11.2. The van der Waals surface area contributed by atoms with Crippen molar-refractivity contribution >= 4 is 11.9 Å². The lowest BCUT2D eigenvalue weighted by Gasteiger charge is -2.17. The van der Waals surface area contributed by atoms with Crippen LogP contribution in [0, 0.1) is 5.41 Å². The van der Waals surface area contributed by atoms with Gasteiger partial charge < -0.3 is 15.8 Å². The standard InChI is InChI=1S/C9H19N3O2/c1-4-5-7(8(10)11)12-9(13)14-6(2)3/h6-7H,4-5H2,1-3H3,(H3,10,11)(H,12,13). The number of rotatable bonds is 5. The minimum atomic E-state index is -0.520. The highest BCUT2D eigenvalue weighted by Gasteiger charge is 2.15. The van der Waals surface area contributed by atoms with Crippen LogP contribution < -0.4 is 11.1 Å². The minimum Gasteiger partial charge on any atom is -0.447 e. The number of hydrogen-bond donors (Lipinski definition) is 3. The number of amides is 1. The van der Waals surface area contributed by atoms with Gasteiger partial charge in [-0.05, 0) is 20.3 Å². The van der Waals surface area contributed by atoms with Crippen molar-refractivity contribution in [2.45, 2.75) is 45.8 Å². The van der Waals surface area contributed by atoms with Crippen molar-refractivity contribution in [2.75, 3.05) is 0 Å². The summed E-state index contributed by atoms with van der Waals surface area (Å²) in [5.41, 5.74) is 5.31. The average Bonchev–Trinajstić information content (AvgIpc) is 2.01. The van der Waals surface area contributed by atoms with Gasteiger partial charge in [-0.25, -0.2) is 4.79 Å². The van der Waals surface area contributed by atoms with Crippen molar-refractivity contribution in [1.82, 2.24) is 5.32 Å². The van der Waals surface area contributed by atoms with Gasteiger partial charge in [0.2, 0.25) is 0 Å². The van der Waals surface area contributed by atoms with Crippen LogP contribution in [0.15, 0.2) is 0 Å². The first-order chi connectivity index (χ1) is 6.47. The molecule has 0 saturated heterocycles. The molecule has 5 heteroatoms. The van der Waals surface area contributed by atoms with Crippen LogP contribution in [-0.4, -0.2) is 24.1 Å². The molecule has 0 heterocycles. The first-order valence-electron chi connectivity index (χ1n) is 4.78. The van der Waals surface area contributed by atoms with Crippen LogP contribution >= 0.6 is 0 Å². The molecule has 5 nitrogen and oxygen atoms in total. The summed E-state index contributed by atoms with van der Waals surface area (Å²) < 4.78 is 4.87.